The highest BCUT2D eigenvalue weighted by Crippen LogP contribution is 2.07. The number of hydrogen-bond donors (Lipinski definition) is 1. The molecule has 0 aromatic rings. The lowest BCUT2D eigenvalue weighted by Crippen LogP contribution is -2.12. The monoisotopic (exact) mass is 230 g/mol. The maximum absolute atomic E-state index is 9.49. The van der Waals surface area contributed by atoms with E-state index in [1.165, 1.54) is 44.9 Å². The molecule has 0 bridgehead atoms. The van der Waals surface area contributed by atoms with E-state index in [2.05, 4.69) is 13.8 Å². The Balaban J connectivity index is 3.06. The van der Waals surface area contributed by atoms with Gasteiger partial charge < -0.3 is 9.84 Å². The molecule has 0 aromatic heterocycles. The van der Waals surface area contributed by atoms with Crippen molar-refractivity contribution < 1.29 is 9.84 Å². The Labute approximate surface area is 101 Å². The van der Waals surface area contributed by atoms with Crippen LogP contribution in [0.3, 0.4) is 0 Å². The van der Waals surface area contributed by atoms with Crippen LogP contribution in [0.5, 0.6) is 0 Å². The summed E-state index contributed by atoms with van der Waals surface area (Å²) in [7, 11) is 0. The fourth-order valence-electron chi connectivity index (χ4n) is 1.75. The Morgan fingerprint density at radius 1 is 0.812 bits per heavy atom. The van der Waals surface area contributed by atoms with Crippen LogP contribution >= 0.6 is 0 Å². The van der Waals surface area contributed by atoms with Gasteiger partial charge in [0.15, 0.2) is 6.29 Å². The molecule has 0 radical (unpaired) electrons. The summed E-state index contributed by atoms with van der Waals surface area (Å²) in [5.41, 5.74) is 0. The first kappa shape index (κ1) is 15.9. The molecule has 1 atom stereocenters. The van der Waals surface area contributed by atoms with Crippen LogP contribution in [0.4, 0.5) is 0 Å². The van der Waals surface area contributed by atoms with E-state index in [1.54, 1.807) is 0 Å². The third-order valence-corrected chi connectivity index (χ3v) is 2.86. The highest BCUT2D eigenvalue weighted by Gasteiger charge is 2.02. The lowest BCUT2D eigenvalue weighted by molar-refractivity contribution is -0.105. The molecule has 0 aliphatic rings. The number of rotatable bonds is 12. The number of aliphatic hydroxyl groups excluding tert-OH is 1. The summed E-state index contributed by atoms with van der Waals surface area (Å²) in [5.74, 6) is 0. The second kappa shape index (κ2) is 13.0. The van der Waals surface area contributed by atoms with Gasteiger partial charge in [0.25, 0.3) is 0 Å². The van der Waals surface area contributed by atoms with Crippen molar-refractivity contribution in [2.75, 3.05) is 6.61 Å². The maximum atomic E-state index is 9.49. The van der Waals surface area contributed by atoms with Gasteiger partial charge in [-0.2, -0.15) is 0 Å². The third-order valence-electron chi connectivity index (χ3n) is 2.86. The van der Waals surface area contributed by atoms with Gasteiger partial charge in [0, 0.05) is 6.61 Å². The predicted octanol–water partition coefficient (Wildman–Crippen LogP) is 4.26. The first-order valence-corrected chi connectivity index (χ1v) is 7.11. The van der Waals surface area contributed by atoms with E-state index in [1.807, 2.05) is 0 Å². The van der Waals surface area contributed by atoms with Crippen LogP contribution in [0.25, 0.3) is 0 Å². The highest BCUT2D eigenvalue weighted by atomic mass is 16.6. The molecule has 0 fully saturated rings. The highest BCUT2D eigenvalue weighted by molar-refractivity contribution is 4.46. The van der Waals surface area contributed by atoms with Crippen LogP contribution in [0.2, 0.25) is 0 Å². The molecule has 2 heteroatoms. The van der Waals surface area contributed by atoms with Gasteiger partial charge in [0.1, 0.15) is 0 Å². The Kier molecular flexibility index (Phi) is 12.9. The average molecular weight is 230 g/mol. The number of hydrogen-bond acceptors (Lipinski definition) is 2. The summed E-state index contributed by atoms with van der Waals surface area (Å²) in [5, 5.41) is 9.49. The molecule has 0 aliphatic carbocycles. The lowest BCUT2D eigenvalue weighted by atomic mass is 10.1. The van der Waals surface area contributed by atoms with Crippen LogP contribution in [-0.4, -0.2) is 18.0 Å². The summed E-state index contributed by atoms with van der Waals surface area (Å²) >= 11 is 0. The van der Waals surface area contributed by atoms with Gasteiger partial charge in [-0.25, -0.2) is 0 Å². The maximum Gasteiger partial charge on any atom is 0.154 e. The molecule has 2 nitrogen and oxygen atoms in total. The van der Waals surface area contributed by atoms with Crippen molar-refractivity contribution >= 4 is 0 Å². The minimum Gasteiger partial charge on any atom is -0.368 e. The first-order chi connectivity index (χ1) is 7.81. The summed E-state index contributed by atoms with van der Waals surface area (Å²) in [6.07, 6.45) is 11.4. The second-order valence-corrected chi connectivity index (χ2v) is 4.59. The van der Waals surface area contributed by atoms with E-state index in [0.717, 1.165) is 25.9 Å². The van der Waals surface area contributed by atoms with Gasteiger partial charge in [-0.05, 0) is 19.3 Å². The van der Waals surface area contributed by atoms with Crippen LogP contribution in [0.15, 0.2) is 0 Å². The molecule has 0 aromatic carbocycles. The third kappa shape index (κ3) is 12.0. The Morgan fingerprint density at radius 3 is 2.06 bits per heavy atom. The van der Waals surface area contributed by atoms with Gasteiger partial charge in [-0.15, -0.1) is 0 Å². The van der Waals surface area contributed by atoms with Gasteiger partial charge >= 0.3 is 0 Å². The van der Waals surface area contributed by atoms with E-state index in [4.69, 9.17) is 4.74 Å². The van der Waals surface area contributed by atoms with E-state index < -0.39 is 6.29 Å². The molecule has 1 unspecified atom stereocenters. The van der Waals surface area contributed by atoms with Gasteiger partial charge in [0.2, 0.25) is 0 Å². The number of unbranched alkanes of at least 4 members (excludes halogenated alkanes) is 7. The summed E-state index contributed by atoms with van der Waals surface area (Å²) < 4.78 is 5.35. The average Bonchev–Trinajstić information content (AvgIpc) is 2.28. The van der Waals surface area contributed by atoms with E-state index in [-0.39, 0.29) is 0 Å². The molecule has 0 spiro atoms. The molecular weight excluding hydrogens is 200 g/mol. The van der Waals surface area contributed by atoms with Crippen molar-refractivity contribution in [1.29, 1.82) is 0 Å². The van der Waals surface area contributed by atoms with E-state index >= 15 is 0 Å². The Morgan fingerprint density at radius 2 is 1.38 bits per heavy atom. The van der Waals surface area contributed by atoms with Crippen molar-refractivity contribution in [2.24, 2.45) is 0 Å². The molecule has 0 saturated carbocycles. The fourth-order valence-corrected chi connectivity index (χ4v) is 1.75. The van der Waals surface area contributed by atoms with Crippen molar-refractivity contribution in [3.63, 3.8) is 0 Å². The molecule has 98 valence electrons. The van der Waals surface area contributed by atoms with Crippen LogP contribution in [0, 0.1) is 0 Å². The number of aliphatic hydroxyl groups is 1. The molecule has 0 saturated heterocycles. The zero-order chi connectivity index (χ0) is 12.1. The summed E-state index contributed by atoms with van der Waals surface area (Å²) in [6.45, 7) is 5.12. The van der Waals surface area contributed by atoms with Crippen molar-refractivity contribution in [3.05, 3.63) is 0 Å². The molecule has 0 amide bonds. The molecule has 0 aliphatic heterocycles. The van der Waals surface area contributed by atoms with Gasteiger partial charge in [-0.3, -0.25) is 0 Å². The van der Waals surface area contributed by atoms with Crippen molar-refractivity contribution in [2.45, 2.75) is 84.3 Å². The largest absolute Gasteiger partial charge is 0.368 e. The fraction of sp³-hybridized carbons (Fsp3) is 1.00. The summed E-state index contributed by atoms with van der Waals surface area (Å²) in [4.78, 5) is 0. The van der Waals surface area contributed by atoms with Crippen LogP contribution in [-0.2, 0) is 4.74 Å². The van der Waals surface area contributed by atoms with Crippen LogP contribution in [0.1, 0.15) is 78.1 Å². The molecule has 0 rings (SSSR count). The van der Waals surface area contributed by atoms with Crippen molar-refractivity contribution in [1.82, 2.24) is 0 Å². The normalized spacial score (nSPS) is 12.9. The number of ether oxygens (including phenoxy) is 1. The SMILES string of the molecule is CCCCCCCCOC(O)CCCCC. The standard InChI is InChI=1S/C14H30O2/c1-3-5-7-8-9-11-13-16-14(15)12-10-6-4-2/h14-15H,3-13H2,1-2H3. The zero-order valence-corrected chi connectivity index (χ0v) is 11.2. The first-order valence-electron chi connectivity index (χ1n) is 7.11. The molecular formula is C14H30O2. The van der Waals surface area contributed by atoms with Crippen LogP contribution < -0.4 is 0 Å². The Bertz CT molecular complexity index is 126. The predicted molar refractivity (Wildman–Crippen MR) is 69.5 cm³/mol. The van der Waals surface area contributed by atoms with Gasteiger partial charge in [0.05, 0.1) is 0 Å². The lowest BCUT2D eigenvalue weighted by Gasteiger charge is -2.11. The second-order valence-electron chi connectivity index (χ2n) is 4.59. The van der Waals surface area contributed by atoms with E-state index in [9.17, 15) is 5.11 Å². The van der Waals surface area contributed by atoms with Crippen molar-refractivity contribution in [3.8, 4) is 0 Å². The molecule has 0 heterocycles. The Hall–Kier alpha value is -0.0800. The zero-order valence-electron chi connectivity index (χ0n) is 11.2. The van der Waals surface area contributed by atoms with E-state index in [0.29, 0.717) is 0 Å². The minimum atomic E-state index is -0.526. The smallest absolute Gasteiger partial charge is 0.154 e. The topological polar surface area (TPSA) is 29.5 Å². The molecule has 1 N–H and O–H groups in total. The molecule has 16 heavy (non-hydrogen) atoms. The quantitative estimate of drug-likeness (QED) is 0.401. The minimum absolute atomic E-state index is 0.526. The van der Waals surface area contributed by atoms with Gasteiger partial charge in [-0.1, -0.05) is 58.8 Å². The summed E-state index contributed by atoms with van der Waals surface area (Å²) in [6, 6.07) is 0.